The van der Waals surface area contributed by atoms with Crippen molar-refractivity contribution >= 4 is 15.9 Å². The first-order valence-corrected chi connectivity index (χ1v) is 6.36. The van der Waals surface area contributed by atoms with E-state index in [0.717, 1.165) is 15.8 Å². The SMILES string of the molecule is COc1ccc(Br)cc1C(CN)c1ncccn1. The van der Waals surface area contributed by atoms with E-state index in [4.69, 9.17) is 10.5 Å². The summed E-state index contributed by atoms with van der Waals surface area (Å²) in [5.74, 6) is 1.43. The fraction of sp³-hybridized carbons (Fsp3) is 0.231. The molecule has 0 saturated carbocycles. The van der Waals surface area contributed by atoms with Gasteiger partial charge in [-0.05, 0) is 24.3 Å². The number of nitrogens with zero attached hydrogens (tertiary/aromatic N) is 2. The minimum Gasteiger partial charge on any atom is -0.496 e. The predicted molar refractivity (Wildman–Crippen MR) is 73.6 cm³/mol. The lowest BCUT2D eigenvalue weighted by atomic mass is 9.97. The number of hydrogen-bond acceptors (Lipinski definition) is 4. The van der Waals surface area contributed by atoms with Crippen LogP contribution in [0.25, 0.3) is 0 Å². The molecule has 1 aromatic carbocycles. The summed E-state index contributed by atoms with van der Waals surface area (Å²) < 4.78 is 6.35. The van der Waals surface area contributed by atoms with Crippen LogP contribution in [0.3, 0.4) is 0 Å². The predicted octanol–water partition coefficient (Wildman–Crippen LogP) is 2.34. The van der Waals surface area contributed by atoms with E-state index in [9.17, 15) is 0 Å². The third-order valence-corrected chi connectivity index (χ3v) is 3.19. The molecule has 2 aromatic rings. The molecular formula is C13H14BrN3O. The average Bonchev–Trinajstić information content (AvgIpc) is 2.41. The zero-order chi connectivity index (χ0) is 13.0. The van der Waals surface area contributed by atoms with Crippen LogP contribution >= 0.6 is 15.9 Å². The molecule has 0 aliphatic carbocycles. The van der Waals surface area contributed by atoms with Crippen molar-refractivity contribution in [3.63, 3.8) is 0 Å². The van der Waals surface area contributed by atoms with E-state index >= 15 is 0 Å². The molecule has 0 radical (unpaired) electrons. The Morgan fingerprint density at radius 2 is 2.06 bits per heavy atom. The first-order valence-electron chi connectivity index (χ1n) is 5.56. The quantitative estimate of drug-likeness (QED) is 0.942. The number of hydrogen-bond donors (Lipinski definition) is 1. The van der Waals surface area contributed by atoms with Gasteiger partial charge < -0.3 is 10.5 Å². The van der Waals surface area contributed by atoms with Gasteiger partial charge in [0.05, 0.1) is 13.0 Å². The summed E-state index contributed by atoms with van der Waals surface area (Å²) in [5.41, 5.74) is 6.85. The van der Waals surface area contributed by atoms with Crippen molar-refractivity contribution in [1.29, 1.82) is 0 Å². The summed E-state index contributed by atoms with van der Waals surface area (Å²) in [4.78, 5) is 8.54. The second-order valence-corrected chi connectivity index (χ2v) is 4.70. The van der Waals surface area contributed by atoms with Crippen LogP contribution in [0.15, 0.2) is 41.1 Å². The molecule has 0 bridgehead atoms. The van der Waals surface area contributed by atoms with Crippen molar-refractivity contribution in [3.8, 4) is 5.75 Å². The van der Waals surface area contributed by atoms with Gasteiger partial charge in [0.2, 0.25) is 0 Å². The van der Waals surface area contributed by atoms with E-state index in [1.165, 1.54) is 0 Å². The third-order valence-electron chi connectivity index (χ3n) is 2.70. The van der Waals surface area contributed by atoms with Crippen molar-refractivity contribution < 1.29 is 4.74 Å². The average molecular weight is 308 g/mol. The fourth-order valence-corrected chi connectivity index (χ4v) is 2.22. The van der Waals surface area contributed by atoms with Gasteiger partial charge in [-0.3, -0.25) is 0 Å². The van der Waals surface area contributed by atoms with Crippen LogP contribution in [0, 0.1) is 0 Å². The molecule has 0 aliphatic rings. The molecule has 1 aromatic heterocycles. The van der Waals surface area contributed by atoms with E-state index in [2.05, 4.69) is 25.9 Å². The van der Waals surface area contributed by atoms with Crippen molar-refractivity contribution in [3.05, 3.63) is 52.5 Å². The molecule has 4 nitrogen and oxygen atoms in total. The monoisotopic (exact) mass is 307 g/mol. The molecule has 2 rings (SSSR count). The molecule has 1 heterocycles. The lowest BCUT2D eigenvalue weighted by Crippen LogP contribution is -2.17. The number of ether oxygens (including phenoxy) is 1. The highest BCUT2D eigenvalue weighted by atomic mass is 79.9. The van der Waals surface area contributed by atoms with E-state index < -0.39 is 0 Å². The van der Waals surface area contributed by atoms with Gasteiger partial charge >= 0.3 is 0 Å². The second kappa shape index (κ2) is 5.93. The number of aromatic nitrogens is 2. The summed E-state index contributed by atoms with van der Waals surface area (Å²) >= 11 is 3.46. The molecule has 0 amide bonds. The molecule has 5 heteroatoms. The third kappa shape index (κ3) is 2.68. The van der Waals surface area contributed by atoms with Gasteiger partial charge in [-0.25, -0.2) is 9.97 Å². The Kier molecular flexibility index (Phi) is 4.28. The van der Waals surface area contributed by atoms with Crippen LogP contribution in [0.5, 0.6) is 5.75 Å². The highest BCUT2D eigenvalue weighted by Gasteiger charge is 2.19. The molecule has 0 fully saturated rings. The minimum atomic E-state index is -0.0707. The normalized spacial score (nSPS) is 12.2. The number of benzene rings is 1. The highest BCUT2D eigenvalue weighted by molar-refractivity contribution is 9.10. The Labute approximate surface area is 114 Å². The lowest BCUT2D eigenvalue weighted by Gasteiger charge is -2.17. The Bertz CT molecular complexity index is 519. The zero-order valence-electron chi connectivity index (χ0n) is 10.0. The molecule has 1 unspecified atom stereocenters. The maximum Gasteiger partial charge on any atom is 0.137 e. The van der Waals surface area contributed by atoms with E-state index in [1.54, 1.807) is 25.6 Å². The van der Waals surface area contributed by atoms with Crippen molar-refractivity contribution in [2.24, 2.45) is 5.73 Å². The van der Waals surface area contributed by atoms with E-state index in [1.807, 2.05) is 18.2 Å². The molecular weight excluding hydrogens is 294 g/mol. The molecule has 2 N–H and O–H groups in total. The van der Waals surface area contributed by atoms with E-state index in [0.29, 0.717) is 12.4 Å². The van der Waals surface area contributed by atoms with Gasteiger partial charge in [0.15, 0.2) is 0 Å². The Morgan fingerprint density at radius 1 is 1.33 bits per heavy atom. The molecule has 0 spiro atoms. The lowest BCUT2D eigenvalue weighted by molar-refractivity contribution is 0.407. The van der Waals surface area contributed by atoms with Gasteiger partial charge in [0, 0.05) is 29.0 Å². The standard InChI is InChI=1S/C13H14BrN3O/c1-18-12-4-3-9(14)7-10(12)11(8-15)13-16-5-2-6-17-13/h2-7,11H,8,15H2,1H3. The number of halogens is 1. The first-order chi connectivity index (χ1) is 8.76. The maximum absolute atomic E-state index is 5.86. The zero-order valence-corrected chi connectivity index (χ0v) is 11.6. The van der Waals surface area contributed by atoms with Gasteiger partial charge in [-0.1, -0.05) is 15.9 Å². The summed E-state index contributed by atoms with van der Waals surface area (Å²) in [6.07, 6.45) is 3.44. The molecule has 0 saturated heterocycles. The Morgan fingerprint density at radius 3 is 2.67 bits per heavy atom. The van der Waals surface area contributed by atoms with E-state index in [-0.39, 0.29) is 5.92 Å². The number of nitrogens with two attached hydrogens (primary N) is 1. The maximum atomic E-state index is 5.86. The summed E-state index contributed by atoms with van der Waals surface area (Å²) in [6.45, 7) is 0.427. The van der Waals surface area contributed by atoms with Gasteiger partial charge in [0.25, 0.3) is 0 Å². The van der Waals surface area contributed by atoms with Crippen LogP contribution in [0.1, 0.15) is 17.3 Å². The Balaban J connectivity index is 2.48. The van der Waals surface area contributed by atoms with Crippen LogP contribution in [-0.2, 0) is 0 Å². The van der Waals surface area contributed by atoms with Gasteiger partial charge in [-0.2, -0.15) is 0 Å². The van der Waals surface area contributed by atoms with Crippen molar-refractivity contribution in [2.45, 2.75) is 5.92 Å². The molecule has 18 heavy (non-hydrogen) atoms. The second-order valence-electron chi connectivity index (χ2n) is 3.78. The first kappa shape index (κ1) is 13.0. The number of rotatable bonds is 4. The van der Waals surface area contributed by atoms with Crippen LogP contribution in [0.4, 0.5) is 0 Å². The minimum absolute atomic E-state index is 0.0707. The van der Waals surface area contributed by atoms with Crippen molar-refractivity contribution in [1.82, 2.24) is 9.97 Å². The summed E-state index contributed by atoms with van der Waals surface area (Å²) in [5, 5.41) is 0. The topological polar surface area (TPSA) is 61.0 Å². The molecule has 1 atom stereocenters. The van der Waals surface area contributed by atoms with Crippen LogP contribution in [0.2, 0.25) is 0 Å². The van der Waals surface area contributed by atoms with Crippen molar-refractivity contribution in [2.75, 3.05) is 13.7 Å². The smallest absolute Gasteiger partial charge is 0.137 e. The molecule has 94 valence electrons. The highest BCUT2D eigenvalue weighted by Crippen LogP contribution is 2.31. The van der Waals surface area contributed by atoms with Gasteiger partial charge in [0.1, 0.15) is 11.6 Å². The summed E-state index contributed by atoms with van der Waals surface area (Å²) in [6, 6.07) is 7.62. The largest absolute Gasteiger partial charge is 0.496 e. The summed E-state index contributed by atoms with van der Waals surface area (Å²) in [7, 11) is 1.65. The van der Waals surface area contributed by atoms with Gasteiger partial charge in [-0.15, -0.1) is 0 Å². The Hall–Kier alpha value is -1.46. The fourth-order valence-electron chi connectivity index (χ4n) is 1.84. The van der Waals surface area contributed by atoms with Crippen LogP contribution < -0.4 is 10.5 Å². The van der Waals surface area contributed by atoms with Crippen LogP contribution in [-0.4, -0.2) is 23.6 Å². The number of methoxy groups -OCH3 is 1. The molecule has 0 aliphatic heterocycles.